The Kier molecular flexibility index (Phi) is 4.57. The molecule has 2 nitrogen and oxygen atoms in total. The SMILES string of the molecule is C[Si](C)(C)c1cc(O)c(-c2c(O)ccc3cc(Cl)ccc23)c2ccc(Cl)cc12. The molecule has 2 N–H and O–H groups in total. The van der Waals surface area contributed by atoms with E-state index in [9.17, 15) is 10.2 Å². The van der Waals surface area contributed by atoms with Crippen molar-refractivity contribution in [1.29, 1.82) is 0 Å². The average Bonchev–Trinajstić information content (AvgIpc) is 2.61. The van der Waals surface area contributed by atoms with Gasteiger partial charge in [-0.15, -0.1) is 0 Å². The predicted molar refractivity (Wildman–Crippen MR) is 123 cm³/mol. The minimum Gasteiger partial charge on any atom is -0.507 e. The van der Waals surface area contributed by atoms with Crippen molar-refractivity contribution in [1.82, 2.24) is 0 Å². The zero-order chi connectivity index (χ0) is 20.2. The van der Waals surface area contributed by atoms with Crippen LogP contribution in [0.5, 0.6) is 11.5 Å². The minimum atomic E-state index is -1.75. The first kappa shape index (κ1) is 19.1. The normalized spacial score (nSPS) is 12.0. The molecular formula is C23H20Cl2O2Si. The fraction of sp³-hybridized carbons (Fsp3) is 0.130. The maximum absolute atomic E-state index is 11.1. The molecule has 0 saturated carbocycles. The lowest BCUT2D eigenvalue weighted by Crippen LogP contribution is -2.38. The summed E-state index contributed by atoms with van der Waals surface area (Å²) in [6.45, 7) is 6.71. The van der Waals surface area contributed by atoms with Crippen LogP contribution in [0.3, 0.4) is 0 Å². The molecule has 0 amide bonds. The number of hydrogen-bond acceptors (Lipinski definition) is 2. The van der Waals surface area contributed by atoms with E-state index in [1.54, 1.807) is 12.1 Å². The number of fused-ring (bicyclic) bond motifs is 2. The van der Waals surface area contributed by atoms with Crippen LogP contribution >= 0.6 is 23.2 Å². The van der Waals surface area contributed by atoms with E-state index >= 15 is 0 Å². The van der Waals surface area contributed by atoms with Crippen LogP contribution in [-0.4, -0.2) is 18.3 Å². The Bertz CT molecular complexity index is 1240. The van der Waals surface area contributed by atoms with Gasteiger partial charge in [-0.3, -0.25) is 0 Å². The Balaban J connectivity index is 2.19. The van der Waals surface area contributed by atoms with Crippen LogP contribution in [0.1, 0.15) is 0 Å². The van der Waals surface area contributed by atoms with Gasteiger partial charge in [0.25, 0.3) is 0 Å². The Morgan fingerprint density at radius 3 is 1.93 bits per heavy atom. The van der Waals surface area contributed by atoms with Crippen molar-refractivity contribution in [2.24, 2.45) is 0 Å². The molecule has 0 aromatic heterocycles. The third-order valence-corrected chi connectivity index (χ3v) is 7.60. The molecule has 4 aromatic carbocycles. The molecule has 0 atom stereocenters. The second kappa shape index (κ2) is 6.70. The van der Waals surface area contributed by atoms with E-state index in [0.717, 1.165) is 26.7 Å². The summed E-state index contributed by atoms with van der Waals surface area (Å²) in [4.78, 5) is 0. The third kappa shape index (κ3) is 3.14. The van der Waals surface area contributed by atoms with Gasteiger partial charge in [0.15, 0.2) is 0 Å². The number of benzene rings is 4. The molecule has 0 bridgehead atoms. The molecule has 28 heavy (non-hydrogen) atoms. The molecule has 4 rings (SSSR count). The molecule has 0 aliphatic heterocycles. The van der Waals surface area contributed by atoms with Gasteiger partial charge in [0.05, 0.1) is 8.07 Å². The van der Waals surface area contributed by atoms with E-state index in [-0.39, 0.29) is 11.5 Å². The summed E-state index contributed by atoms with van der Waals surface area (Å²) in [5.74, 6) is 0.270. The number of rotatable bonds is 2. The van der Waals surface area contributed by atoms with Crippen LogP contribution in [0, 0.1) is 0 Å². The van der Waals surface area contributed by atoms with Gasteiger partial charge in [-0.05, 0) is 63.1 Å². The molecule has 0 radical (unpaired) electrons. The van der Waals surface area contributed by atoms with Crippen LogP contribution < -0.4 is 5.19 Å². The van der Waals surface area contributed by atoms with Crippen molar-refractivity contribution in [3.05, 3.63) is 64.6 Å². The Labute approximate surface area is 175 Å². The molecular weight excluding hydrogens is 407 g/mol. The highest BCUT2D eigenvalue weighted by molar-refractivity contribution is 6.90. The summed E-state index contributed by atoms with van der Waals surface area (Å²) >= 11 is 12.5. The van der Waals surface area contributed by atoms with E-state index in [2.05, 4.69) is 19.6 Å². The summed E-state index contributed by atoms with van der Waals surface area (Å²) < 4.78 is 0. The highest BCUT2D eigenvalue weighted by Crippen LogP contribution is 2.45. The molecule has 4 aromatic rings. The maximum Gasteiger partial charge on any atom is 0.124 e. The number of hydrogen-bond donors (Lipinski definition) is 2. The number of halogens is 2. The monoisotopic (exact) mass is 426 g/mol. The second-order valence-electron chi connectivity index (χ2n) is 8.08. The topological polar surface area (TPSA) is 40.5 Å². The van der Waals surface area contributed by atoms with E-state index < -0.39 is 8.07 Å². The zero-order valence-electron chi connectivity index (χ0n) is 15.8. The fourth-order valence-electron chi connectivity index (χ4n) is 3.82. The summed E-state index contributed by atoms with van der Waals surface area (Å²) in [7, 11) is -1.75. The summed E-state index contributed by atoms with van der Waals surface area (Å²) in [6.07, 6.45) is 0. The molecule has 0 aliphatic rings. The maximum atomic E-state index is 11.1. The highest BCUT2D eigenvalue weighted by Gasteiger charge is 2.25. The Morgan fingerprint density at radius 1 is 0.643 bits per heavy atom. The van der Waals surface area contributed by atoms with Crippen LogP contribution in [0.15, 0.2) is 54.6 Å². The smallest absolute Gasteiger partial charge is 0.124 e. The number of phenolic OH excluding ortho intramolecular Hbond substituents is 2. The molecule has 5 heteroatoms. The van der Waals surface area contributed by atoms with Crippen molar-refractivity contribution >= 4 is 58.0 Å². The van der Waals surface area contributed by atoms with E-state index in [0.29, 0.717) is 21.2 Å². The van der Waals surface area contributed by atoms with Gasteiger partial charge in [0.1, 0.15) is 11.5 Å². The highest BCUT2D eigenvalue weighted by atomic mass is 35.5. The molecule has 0 spiro atoms. The number of aromatic hydroxyl groups is 2. The Morgan fingerprint density at radius 2 is 1.25 bits per heavy atom. The van der Waals surface area contributed by atoms with Crippen molar-refractivity contribution in [3.63, 3.8) is 0 Å². The first-order chi connectivity index (χ1) is 13.2. The van der Waals surface area contributed by atoms with Gasteiger partial charge >= 0.3 is 0 Å². The van der Waals surface area contributed by atoms with Gasteiger partial charge in [0, 0.05) is 21.2 Å². The third-order valence-electron chi connectivity index (χ3n) is 5.10. The van der Waals surface area contributed by atoms with E-state index in [4.69, 9.17) is 23.2 Å². The minimum absolute atomic E-state index is 0.113. The molecule has 142 valence electrons. The lowest BCUT2D eigenvalue weighted by Gasteiger charge is -2.23. The van der Waals surface area contributed by atoms with Crippen molar-refractivity contribution < 1.29 is 10.2 Å². The van der Waals surface area contributed by atoms with Gasteiger partial charge in [-0.2, -0.15) is 0 Å². The van der Waals surface area contributed by atoms with E-state index in [1.807, 2.05) is 42.5 Å². The largest absolute Gasteiger partial charge is 0.507 e. The van der Waals surface area contributed by atoms with Gasteiger partial charge in [0.2, 0.25) is 0 Å². The van der Waals surface area contributed by atoms with Crippen LogP contribution in [0.4, 0.5) is 0 Å². The van der Waals surface area contributed by atoms with Crippen molar-refractivity contribution in [3.8, 4) is 22.6 Å². The summed E-state index contributed by atoms with van der Waals surface area (Å²) in [5, 5.41) is 27.8. The van der Waals surface area contributed by atoms with E-state index in [1.165, 1.54) is 0 Å². The lowest BCUT2D eigenvalue weighted by atomic mass is 9.92. The van der Waals surface area contributed by atoms with Crippen LogP contribution in [0.2, 0.25) is 29.7 Å². The van der Waals surface area contributed by atoms with Gasteiger partial charge < -0.3 is 10.2 Å². The molecule has 0 aliphatic carbocycles. The van der Waals surface area contributed by atoms with Gasteiger partial charge in [-0.25, -0.2) is 0 Å². The quantitative estimate of drug-likeness (QED) is 0.341. The average molecular weight is 427 g/mol. The number of phenols is 2. The lowest BCUT2D eigenvalue weighted by molar-refractivity contribution is 0.470. The first-order valence-corrected chi connectivity index (χ1v) is 13.3. The molecule has 0 saturated heterocycles. The molecule has 0 unspecified atom stereocenters. The second-order valence-corrected chi connectivity index (χ2v) is 14.0. The van der Waals surface area contributed by atoms with Crippen LogP contribution in [0.25, 0.3) is 32.7 Å². The molecule has 0 heterocycles. The standard InChI is InChI=1S/C23H20Cl2O2Si/c1-28(2,3)21-12-20(27)23(17-8-6-15(25)11-18(17)21)22-16-7-5-14(24)10-13(16)4-9-19(22)26/h4-12,26-27H,1-3H3. The summed E-state index contributed by atoms with van der Waals surface area (Å²) in [5.41, 5.74) is 1.21. The zero-order valence-corrected chi connectivity index (χ0v) is 18.4. The van der Waals surface area contributed by atoms with Gasteiger partial charge in [-0.1, -0.05) is 61.0 Å². The molecule has 0 fully saturated rings. The van der Waals surface area contributed by atoms with Crippen molar-refractivity contribution in [2.75, 3.05) is 0 Å². The predicted octanol–water partition coefficient (Wildman–Crippen LogP) is 6.92. The first-order valence-electron chi connectivity index (χ1n) is 9.04. The van der Waals surface area contributed by atoms with Crippen molar-refractivity contribution in [2.45, 2.75) is 19.6 Å². The Hall–Kier alpha value is -2.20. The summed E-state index contributed by atoms with van der Waals surface area (Å²) in [6, 6.07) is 16.5. The fourth-order valence-corrected chi connectivity index (χ4v) is 5.75. The van der Waals surface area contributed by atoms with Crippen LogP contribution in [-0.2, 0) is 0 Å².